The van der Waals surface area contributed by atoms with Crippen LogP contribution in [0.15, 0.2) is 71.6 Å². The number of pyridine rings is 1. The van der Waals surface area contributed by atoms with Gasteiger partial charge in [0.25, 0.3) is 0 Å². The molecular formula is C20H15Cl2NO4S. The molecule has 1 heterocycles. The largest absolute Gasteiger partial charge is 0.456 e. The molecule has 0 unspecified atom stereocenters. The van der Waals surface area contributed by atoms with E-state index in [0.717, 1.165) is 0 Å². The standard InChI is InChI=1S/C20H15Cl2NO4S/c21-17-9-10-19(22)23-18(17)12-27-20(24)15-6-4-5-14(11-15)13-28(25,26)16-7-2-1-3-8-16/h1-11H,12-13H2. The van der Waals surface area contributed by atoms with Gasteiger partial charge in [-0.1, -0.05) is 53.5 Å². The van der Waals surface area contributed by atoms with Gasteiger partial charge in [0, 0.05) is 0 Å². The molecule has 28 heavy (non-hydrogen) atoms. The van der Waals surface area contributed by atoms with Crippen LogP contribution in [0.4, 0.5) is 0 Å². The van der Waals surface area contributed by atoms with Crippen LogP contribution in [0.3, 0.4) is 0 Å². The highest BCUT2D eigenvalue weighted by atomic mass is 35.5. The van der Waals surface area contributed by atoms with Crippen molar-refractivity contribution in [2.75, 3.05) is 0 Å². The van der Waals surface area contributed by atoms with Crippen molar-refractivity contribution in [3.8, 4) is 0 Å². The number of sulfone groups is 1. The molecular weight excluding hydrogens is 421 g/mol. The predicted octanol–water partition coefficient (Wildman–Crippen LogP) is 4.72. The molecule has 2 aromatic carbocycles. The Hall–Kier alpha value is -2.41. The van der Waals surface area contributed by atoms with E-state index in [4.69, 9.17) is 27.9 Å². The second-order valence-electron chi connectivity index (χ2n) is 5.91. The summed E-state index contributed by atoms with van der Waals surface area (Å²) in [5, 5.41) is 0.573. The van der Waals surface area contributed by atoms with Crippen LogP contribution in [-0.2, 0) is 26.9 Å². The van der Waals surface area contributed by atoms with Gasteiger partial charge in [0.2, 0.25) is 0 Å². The van der Waals surface area contributed by atoms with Gasteiger partial charge in [-0.25, -0.2) is 18.2 Å². The van der Waals surface area contributed by atoms with E-state index in [-0.39, 0.29) is 28.0 Å². The number of halogens is 2. The van der Waals surface area contributed by atoms with Crippen LogP contribution in [-0.4, -0.2) is 19.4 Å². The number of benzene rings is 2. The van der Waals surface area contributed by atoms with Crippen molar-refractivity contribution in [2.24, 2.45) is 0 Å². The van der Waals surface area contributed by atoms with E-state index in [1.807, 2.05) is 0 Å². The van der Waals surface area contributed by atoms with Crippen molar-refractivity contribution in [2.45, 2.75) is 17.3 Å². The van der Waals surface area contributed by atoms with Gasteiger partial charge in [0.05, 0.1) is 26.9 Å². The summed E-state index contributed by atoms with van der Waals surface area (Å²) in [5.74, 6) is -0.836. The number of nitrogens with zero attached hydrogens (tertiary/aromatic N) is 1. The van der Waals surface area contributed by atoms with Crippen LogP contribution in [0, 0.1) is 0 Å². The Balaban J connectivity index is 1.72. The van der Waals surface area contributed by atoms with Crippen molar-refractivity contribution >= 4 is 39.0 Å². The molecule has 0 amide bonds. The summed E-state index contributed by atoms with van der Waals surface area (Å²) in [6, 6.07) is 17.5. The van der Waals surface area contributed by atoms with Gasteiger partial charge >= 0.3 is 5.97 Å². The second-order valence-corrected chi connectivity index (χ2v) is 8.70. The smallest absolute Gasteiger partial charge is 0.338 e. The molecule has 0 fully saturated rings. The third-order valence-corrected chi connectivity index (χ3v) is 6.10. The highest BCUT2D eigenvalue weighted by Gasteiger charge is 2.17. The SMILES string of the molecule is O=C(OCc1nc(Cl)ccc1Cl)c1cccc(CS(=O)(=O)c2ccccc2)c1. The number of hydrogen-bond donors (Lipinski definition) is 0. The highest BCUT2D eigenvalue weighted by Crippen LogP contribution is 2.20. The molecule has 0 N–H and O–H groups in total. The Kier molecular flexibility index (Phi) is 6.34. The molecule has 3 rings (SSSR count). The number of esters is 1. The Morgan fingerprint density at radius 3 is 2.46 bits per heavy atom. The molecule has 5 nitrogen and oxygen atoms in total. The lowest BCUT2D eigenvalue weighted by Gasteiger charge is -2.08. The maximum Gasteiger partial charge on any atom is 0.338 e. The Labute approximate surface area is 172 Å². The molecule has 0 atom stereocenters. The summed E-state index contributed by atoms with van der Waals surface area (Å²) in [5.41, 5.74) is 1.06. The molecule has 1 aromatic heterocycles. The van der Waals surface area contributed by atoms with Gasteiger partial charge in [0.1, 0.15) is 11.8 Å². The van der Waals surface area contributed by atoms with E-state index in [1.54, 1.807) is 42.5 Å². The first kappa shape index (κ1) is 20.3. The predicted molar refractivity (Wildman–Crippen MR) is 107 cm³/mol. The van der Waals surface area contributed by atoms with Crippen molar-refractivity contribution in [1.82, 2.24) is 4.98 Å². The minimum atomic E-state index is -3.52. The van der Waals surface area contributed by atoms with Crippen LogP contribution in [0.5, 0.6) is 0 Å². The monoisotopic (exact) mass is 435 g/mol. The minimum absolute atomic E-state index is 0.148. The molecule has 144 valence electrons. The van der Waals surface area contributed by atoms with Crippen LogP contribution in [0.1, 0.15) is 21.6 Å². The summed E-state index contributed by atoms with van der Waals surface area (Å²) >= 11 is 11.8. The first-order valence-electron chi connectivity index (χ1n) is 8.20. The lowest BCUT2D eigenvalue weighted by molar-refractivity contribution is 0.0468. The Morgan fingerprint density at radius 1 is 0.964 bits per heavy atom. The molecule has 0 aliphatic carbocycles. The topological polar surface area (TPSA) is 73.3 Å². The quantitative estimate of drug-likeness (QED) is 0.413. The Bertz CT molecular complexity index is 1100. The number of ether oxygens (including phenoxy) is 1. The van der Waals surface area contributed by atoms with Gasteiger partial charge in [0.15, 0.2) is 9.84 Å². The van der Waals surface area contributed by atoms with Crippen molar-refractivity contribution in [3.63, 3.8) is 0 Å². The molecule has 0 saturated heterocycles. The fourth-order valence-corrected chi connectivity index (χ4v) is 4.18. The third-order valence-electron chi connectivity index (χ3n) is 3.85. The summed E-state index contributed by atoms with van der Waals surface area (Å²) < 4.78 is 30.2. The molecule has 0 radical (unpaired) electrons. The fourth-order valence-electron chi connectivity index (χ4n) is 2.49. The van der Waals surface area contributed by atoms with Gasteiger partial charge in [-0.2, -0.15) is 0 Å². The lowest BCUT2D eigenvalue weighted by atomic mass is 10.1. The fraction of sp³-hybridized carbons (Fsp3) is 0.100. The molecule has 0 bridgehead atoms. The maximum atomic E-state index is 12.5. The normalized spacial score (nSPS) is 11.2. The zero-order chi connectivity index (χ0) is 20.1. The molecule has 0 aliphatic rings. The Morgan fingerprint density at radius 2 is 1.71 bits per heavy atom. The van der Waals surface area contributed by atoms with Crippen LogP contribution >= 0.6 is 23.2 Å². The van der Waals surface area contributed by atoms with Gasteiger partial charge in [-0.05, 0) is 42.0 Å². The van der Waals surface area contributed by atoms with Gasteiger partial charge in [-0.15, -0.1) is 0 Å². The number of carbonyl (C=O) groups excluding carboxylic acids is 1. The van der Waals surface area contributed by atoms with Crippen molar-refractivity contribution < 1.29 is 17.9 Å². The molecule has 0 aliphatic heterocycles. The number of hydrogen-bond acceptors (Lipinski definition) is 5. The number of aromatic nitrogens is 1. The summed E-state index contributed by atoms with van der Waals surface area (Å²) in [7, 11) is -3.52. The van der Waals surface area contributed by atoms with Crippen molar-refractivity contribution in [1.29, 1.82) is 0 Å². The van der Waals surface area contributed by atoms with E-state index in [9.17, 15) is 13.2 Å². The maximum absolute atomic E-state index is 12.5. The minimum Gasteiger partial charge on any atom is -0.456 e. The summed E-state index contributed by atoms with van der Waals surface area (Å²) in [6.07, 6.45) is 0. The zero-order valence-electron chi connectivity index (χ0n) is 14.5. The van der Waals surface area contributed by atoms with Crippen LogP contribution < -0.4 is 0 Å². The van der Waals surface area contributed by atoms with E-state index in [2.05, 4.69) is 4.98 Å². The van der Waals surface area contributed by atoms with Crippen LogP contribution in [0.25, 0.3) is 0 Å². The third kappa shape index (κ3) is 5.10. The van der Waals surface area contributed by atoms with Gasteiger partial charge < -0.3 is 4.74 Å². The van der Waals surface area contributed by atoms with E-state index in [1.165, 1.54) is 24.3 Å². The summed E-state index contributed by atoms with van der Waals surface area (Å²) in [4.78, 5) is 16.6. The lowest BCUT2D eigenvalue weighted by Crippen LogP contribution is -2.09. The molecule has 3 aromatic rings. The highest BCUT2D eigenvalue weighted by molar-refractivity contribution is 7.90. The van der Waals surface area contributed by atoms with E-state index >= 15 is 0 Å². The van der Waals surface area contributed by atoms with Crippen molar-refractivity contribution in [3.05, 3.63) is 93.7 Å². The average molecular weight is 436 g/mol. The average Bonchev–Trinajstić information content (AvgIpc) is 2.69. The zero-order valence-corrected chi connectivity index (χ0v) is 16.8. The summed E-state index contributed by atoms with van der Waals surface area (Å²) in [6.45, 7) is -0.148. The van der Waals surface area contributed by atoms with E-state index in [0.29, 0.717) is 16.3 Å². The van der Waals surface area contributed by atoms with Gasteiger partial charge in [-0.3, -0.25) is 0 Å². The molecule has 8 heteroatoms. The second kappa shape index (κ2) is 8.73. The molecule has 0 saturated carbocycles. The molecule has 0 spiro atoms. The number of carbonyl (C=O) groups is 1. The first-order chi connectivity index (χ1) is 13.3. The van der Waals surface area contributed by atoms with E-state index < -0.39 is 15.8 Å². The number of rotatable bonds is 6. The first-order valence-corrected chi connectivity index (χ1v) is 10.6. The van der Waals surface area contributed by atoms with Crippen LogP contribution in [0.2, 0.25) is 10.2 Å².